The minimum Gasteiger partial charge on any atom is -0.396 e. The molecule has 0 fully saturated rings. The standard InChI is InChI=1S/C14H30O3/c1-4-6-7-13(5-2)10-14(11-15,12-16)8-9-17-3/h13,15-16H,4-12H2,1-3H3. The molecule has 0 bridgehead atoms. The zero-order valence-corrected chi connectivity index (χ0v) is 11.7. The Morgan fingerprint density at radius 1 is 1.18 bits per heavy atom. The molecule has 0 aliphatic rings. The highest BCUT2D eigenvalue weighted by atomic mass is 16.5. The molecule has 17 heavy (non-hydrogen) atoms. The van der Waals surface area contributed by atoms with Crippen LogP contribution < -0.4 is 0 Å². The van der Waals surface area contributed by atoms with Gasteiger partial charge in [-0.2, -0.15) is 0 Å². The first-order chi connectivity index (χ1) is 8.17. The minimum absolute atomic E-state index is 0.0511. The third-order valence-electron chi connectivity index (χ3n) is 3.77. The molecule has 0 rings (SSSR count). The van der Waals surface area contributed by atoms with E-state index in [0.29, 0.717) is 12.5 Å². The Morgan fingerprint density at radius 3 is 2.24 bits per heavy atom. The number of aliphatic hydroxyl groups is 2. The van der Waals surface area contributed by atoms with E-state index in [1.54, 1.807) is 7.11 Å². The zero-order chi connectivity index (χ0) is 13.1. The van der Waals surface area contributed by atoms with Crippen LogP contribution in [0.3, 0.4) is 0 Å². The summed E-state index contributed by atoms with van der Waals surface area (Å²) in [6.07, 6.45) is 6.39. The summed E-state index contributed by atoms with van der Waals surface area (Å²) in [6.45, 7) is 5.09. The van der Waals surface area contributed by atoms with Gasteiger partial charge in [0.1, 0.15) is 0 Å². The van der Waals surface area contributed by atoms with Crippen molar-refractivity contribution >= 4 is 0 Å². The lowest BCUT2D eigenvalue weighted by molar-refractivity contribution is 0.00523. The Morgan fingerprint density at radius 2 is 1.82 bits per heavy atom. The maximum absolute atomic E-state index is 9.56. The molecular formula is C14H30O3. The Hall–Kier alpha value is -0.120. The van der Waals surface area contributed by atoms with Gasteiger partial charge in [-0.05, 0) is 18.8 Å². The van der Waals surface area contributed by atoms with Crippen molar-refractivity contribution < 1.29 is 14.9 Å². The molecule has 0 amide bonds. The molecule has 1 atom stereocenters. The van der Waals surface area contributed by atoms with Gasteiger partial charge in [-0.1, -0.05) is 39.5 Å². The fourth-order valence-corrected chi connectivity index (χ4v) is 2.31. The van der Waals surface area contributed by atoms with E-state index in [1.165, 1.54) is 19.3 Å². The van der Waals surface area contributed by atoms with E-state index in [9.17, 15) is 10.2 Å². The second-order valence-electron chi connectivity index (χ2n) is 5.18. The van der Waals surface area contributed by atoms with Crippen molar-refractivity contribution in [1.82, 2.24) is 0 Å². The zero-order valence-electron chi connectivity index (χ0n) is 11.7. The maximum atomic E-state index is 9.56. The molecule has 3 heteroatoms. The predicted molar refractivity (Wildman–Crippen MR) is 71.0 cm³/mol. The molecule has 0 spiro atoms. The molecule has 1 unspecified atom stereocenters. The highest BCUT2D eigenvalue weighted by Crippen LogP contribution is 2.33. The molecule has 0 saturated heterocycles. The molecule has 104 valence electrons. The third-order valence-corrected chi connectivity index (χ3v) is 3.77. The van der Waals surface area contributed by atoms with Crippen LogP contribution in [0, 0.1) is 11.3 Å². The Labute approximate surface area is 106 Å². The van der Waals surface area contributed by atoms with Crippen molar-refractivity contribution in [2.24, 2.45) is 11.3 Å². The summed E-state index contributed by atoms with van der Waals surface area (Å²) in [5.41, 5.74) is -0.357. The van der Waals surface area contributed by atoms with Crippen LogP contribution in [-0.4, -0.2) is 37.1 Å². The van der Waals surface area contributed by atoms with Gasteiger partial charge in [0.25, 0.3) is 0 Å². The van der Waals surface area contributed by atoms with Crippen LogP contribution in [0.15, 0.2) is 0 Å². The van der Waals surface area contributed by atoms with Gasteiger partial charge in [0.15, 0.2) is 0 Å². The van der Waals surface area contributed by atoms with Crippen molar-refractivity contribution in [3.8, 4) is 0 Å². The van der Waals surface area contributed by atoms with Gasteiger partial charge in [0, 0.05) is 19.1 Å². The summed E-state index contributed by atoms with van der Waals surface area (Å²) in [5, 5.41) is 19.1. The Balaban J connectivity index is 4.36. The number of hydrogen-bond donors (Lipinski definition) is 2. The van der Waals surface area contributed by atoms with Crippen molar-refractivity contribution in [2.45, 2.75) is 52.4 Å². The van der Waals surface area contributed by atoms with Crippen LogP contribution in [0.1, 0.15) is 52.4 Å². The summed E-state index contributed by atoms with van der Waals surface area (Å²) < 4.78 is 5.08. The summed E-state index contributed by atoms with van der Waals surface area (Å²) in [7, 11) is 1.66. The SMILES string of the molecule is CCCCC(CC)CC(CO)(CO)CCOC. The number of ether oxygens (including phenoxy) is 1. The Kier molecular flexibility index (Phi) is 9.79. The average molecular weight is 246 g/mol. The molecule has 0 aromatic rings. The van der Waals surface area contributed by atoms with Gasteiger partial charge < -0.3 is 14.9 Å². The fourth-order valence-electron chi connectivity index (χ4n) is 2.31. The quantitative estimate of drug-likeness (QED) is 0.589. The van der Waals surface area contributed by atoms with Crippen LogP contribution in [0.25, 0.3) is 0 Å². The number of hydrogen-bond acceptors (Lipinski definition) is 3. The lowest BCUT2D eigenvalue weighted by Crippen LogP contribution is -2.33. The van der Waals surface area contributed by atoms with Gasteiger partial charge in [0.2, 0.25) is 0 Å². The summed E-state index contributed by atoms with van der Waals surface area (Å²) >= 11 is 0. The van der Waals surface area contributed by atoms with E-state index < -0.39 is 0 Å². The summed E-state index contributed by atoms with van der Waals surface area (Å²) in [4.78, 5) is 0. The van der Waals surface area contributed by atoms with Gasteiger partial charge in [0.05, 0.1) is 13.2 Å². The van der Waals surface area contributed by atoms with Gasteiger partial charge in [-0.25, -0.2) is 0 Å². The molecule has 0 radical (unpaired) electrons. The third kappa shape index (κ3) is 6.39. The van der Waals surface area contributed by atoms with Crippen LogP contribution in [0.2, 0.25) is 0 Å². The molecule has 0 aliphatic carbocycles. The second kappa shape index (κ2) is 9.86. The molecule has 0 heterocycles. The molecule has 0 aliphatic heterocycles. The average Bonchev–Trinajstić information content (AvgIpc) is 2.39. The van der Waals surface area contributed by atoms with Crippen molar-refractivity contribution in [3.63, 3.8) is 0 Å². The summed E-state index contributed by atoms with van der Waals surface area (Å²) in [6, 6.07) is 0. The maximum Gasteiger partial charge on any atom is 0.0510 e. The highest BCUT2D eigenvalue weighted by molar-refractivity contribution is 4.81. The highest BCUT2D eigenvalue weighted by Gasteiger charge is 2.31. The second-order valence-corrected chi connectivity index (χ2v) is 5.18. The number of unbranched alkanes of at least 4 members (excludes halogenated alkanes) is 1. The first-order valence-electron chi connectivity index (χ1n) is 6.88. The lowest BCUT2D eigenvalue weighted by atomic mass is 9.76. The minimum atomic E-state index is -0.357. The molecule has 2 N–H and O–H groups in total. The smallest absolute Gasteiger partial charge is 0.0510 e. The van der Waals surface area contributed by atoms with Crippen molar-refractivity contribution in [1.29, 1.82) is 0 Å². The normalized spacial score (nSPS) is 13.9. The van der Waals surface area contributed by atoms with E-state index in [1.807, 2.05) is 0 Å². The van der Waals surface area contributed by atoms with Gasteiger partial charge in [-0.3, -0.25) is 0 Å². The van der Waals surface area contributed by atoms with Crippen LogP contribution >= 0.6 is 0 Å². The van der Waals surface area contributed by atoms with E-state index >= 15 is 0 Å². The van der Waals surface area contributed by atoms with Crippen LogP contribution in [0.4, 0.5) is 0 Å². The predicted octanol–water partition coefficient (Wildman–Crippen LogP) is 2.60. The van der Waals surface area contributed by atoms with E-state index in [2.05, 4.69) is 13.8 Å². The van der Waals surface area contributed by atoms with Gasteiger partial charge in [-0.15, -0.1) is 0 Å². The first kappa shape index (κ1) is 16.9. The fraction of sp³-hybridized carbons (Fsp3) is 1.00. The lowest BCUT2D eigenvalue weighted by Gasteiger charge is -2.33. The molecule has 0 saturated carbocycles. The molecule has 3 nitrogen and oxygen atoms in total. The molecular weight excluding hydrogens is 216 g/mol. The van der Waals surface area contributed by atoms with E-state index in [0.717, 1.165) is 19.3 Å². The number of rotatable bonds is 11. The number of methoxy groups -OCH3 is 1. The van der Waals surface area contributed by atoms with Crippen molar-refractivity contribution in [2.75, 3.05) is 26.9 Å². The first-order valence-corrected chi connectivity index (χ1v) is 6.88. The topological polar surface area (TPSA) is 49.7 Å². The van der Waals surface area contributed by atoms with E-state index in [-0.39, 0.29) is 18.6 Å². The van der Waals surface area contributed by atoms with E-state index in [4.69, 9.17) is 4.74 Å². The number of aliphatic hydroxyl groups excluding tert-OH is 2. The van der Waals surface area contributed by atoms with Crippen LogP contribution in [0.5, 0.6) is 0 Å². The van der Waals surface area contributed by atoms with Crippen LogP contribution in [-0.2, 0) is 4.74 Å². The Bertz CT molecular complexity index is 167. The monoisotopic (exact) mass is 246 g/mol. The van der Waals surface area contributed by atoms with Crippen molar-refractivity contribution in [3.05, 3.63) is 0 Å². The van der Waals surface area contributed by atoms with Gasteiger partial charge >= 0.3 is 0 Å². The molecule has 0 aromatic carbocycles. The molecule has 0 aromatic heterocycles. The largest absolute Gasteiger partial charge is 0.396 e. The summed E-state index contributed by atoms with van der Waals surface area (Å²) in [5.74, 6) is 0.603.